The summed E-state index contributed by atoms with van der Waals surface area (Å²) in [6.07, 6.45) is 6.29. The molecule has 1 aromatic rings. The molecule has 2 fully saturated rings. The number of carbonyl (C=O) groups is 2. The topological polar surface area (TPSA) is 83.6 Å². The summed E-state index contributed by atoms with van der Waals surface area (Å²) in [6.45, 7) is 3.63. The van der Waals surface area contributed by atoms with E-state index in [0.717, 1.165) is 55.6 Å². The van der Waals surface area contributed by atoms with Gasteiger partial charge in [-0.05, 0) is 55.9 Å². The molecule has 2 amide bonds. The highest BCUT2D eigenvalue weighted by atomic mass is 32.2. The van der Waals surface area contributed by atoms with Crippen LogP contribution in [-0.4, -0.2) is 50.2 Å². The third kappa shape index (κ3) is 4.27. The zero-order valence-electron chi connectivity index (χ0n) is 16.5. The number of thiophene rings is 1. The average Bonchev–Trinajstić information content (AvgIpc) is 3.28. The Labute approximate surface area is 170 Å². The van der Waals surface area contributed by atoms with Crippen LogP contribution in [-0.2, 0) is 27.5 Å². The lowest BCUT2D eigenvalue weighted by Crippen LogP contribution is -2.31. The Morgan fingerprint density at radius 3 is 2.57 bits per heavy atom. The third-order valence-electron chi connectivity index (χ3n) is 6.01. The second-order valence-corrected chi connectivity index (χ2v) is 12.1. The summed E-state index contributed by atoms with van der Waals surface area (Å²) < 4.78 is 23.6. The number of likely N-dealkylation sites (tertiary alicyclic amines) is 1. The van der Waals surface area contributed by atoms with Gasteiger partial charge in [-0.25, -0.2) is 8.42 Å². The van der Waals surface area contributed by atoms with Gasteiger partial charge in [0.05, 0.1) is 11.3 Å². The van der Waals surface area contributed by atoms with Crippen LogP contribution < -0.4 is 5.32 Å². The molecule has 0 aromatic carbocycles. The predicted molar refractivity (Wildman–Crippen MR) is 111 cm³/mol. The number of nitrogens with zero attached hydrogens (tertiary/aromatic N) is 1. The molecule has 1 aromatic heterocycles. The first-order chi connectivity index (χ1) is 13.2. The molecule has 3 aliphatic rings. The first-order valence-electron chi connectivity index (χ1n) is 10.1. The monoisotopic (exact) mass is 424 g/mol. The van der Waals surface area contributed by atoms with Crippen LogP contribution >= 0.6 is 11.3 Å². The number of fused-ring (bicyclic) bond motifs is 1. The summed E-state index contributed by atoms with van der Waals surface area (Å²) in [5, 5.41) is 3.69. The second-order valence-electron chi connectivity index (χ2n) is 8.82. The summed E-state index contributed by atoms with van der Waals surface area (Å²) in [5.74, 6) is 0.754. The third-order valence-corrected chi connectivity index (χ3v) is 8.30. The Morgan fingerprint density at radius 1 is 1.21 bits per heavy atom. The van der Waals surface area contributed by atoms with Crippen LogP contribution in [0.3, 0.4) is 0 Å². The van der Waals surface area contributed by atoms with Crippen molar-refractivity contribution in [1.82, 2.24) is 4.90 Å². The Kier molecular flexibility index (Phi) is 5.29. The minimum absolute atomic E-state index is 0.00653. The van der Waals surface area contributed by atoms with Gasteiger partial charge in [0.2, 0.25) is 5.91 Å². The van der Waals surface area contributed by atoms with Gasteiger partial charge in [0.25, 0.3) is 5.91 Å². The zero-order valence-corrected chi connectivity index (χ0v) is 18.1. The van der Waals surface area contributed by atoms with Gasteiger partial charge < -0.3 is 10.2 Å². The first kappa shape index (κ1) is 19.9. The minimum atomic E-state index is -3.06. The lowest BCUT2D eigenvalue weighted by atomic mass is 9.87. The highest BCUT2D eigenvalue weighted by Gasteiger charge is 2.36. The Bertz CT molecular complexity index is 902. The summed E-state index contributed by atoms with van der Waals surface area (Å²) in [7, 11) is -3.06. The highest BCUT2D eigenvalue weighted by molar-refractivity contribution is 7.90. The van der Waals surface area contributed by atoms with E-state index in [-0.39, 0.29) is 29.4 Å². The molecular formula is C20H28N2O4S2. The Morgan fingerprint density at radius 2 is 1.96 bits per heavy atom. The summed E-state index contributed by atoms with van der Waals surface area (Å²) in [5.41, 5.74) is 1.60. The van der Waals surface area contributed by atoms with Crippen molar-refractivity contribution in [2.45, 2.75) is 45.4 Å². The number of aryl methyl sites for hydroxylation is 1. The molecular weight excluding hydrogens is 396 g/mol. The van der Waals surface area contributed by atoms with E-state index in [4.69, 9.17) is 0 Å². The summed E-state index contributed by atoms with van der Waals surface area (Å²) in [4.78, 5) is 28.8. The maximum absolute atomic E-state index is 13.4. The molecule has 2 unspecified atom stereocenters. The van der Waals surface area contributed by atoms with Crippen LogP contribution in [0.15, 0.2) is 0 Å². The quantitative estimate of drug-likeness (QED) is 0.788. The fourth-order valence-electron chi connectivity index (χ4n) is 4.38. The Hall–Kier alpha value is -1.41. The fraction of sp³-hybridized carbons (Fsp3) is 0.700. The van der Waals surface area contributed by atoms with E-state index < -0.39 is 9.84 Å². The molecule has 2 heterocycles. The largest absolute Gasteiger partial charge is 0.338 e. The molecule has 1 saturated heterocycles. The molecule has 0 spiro atoms. The number of nitrogens with one attached hydrogen (secondary N) is 1. The zero-order chi connectivity index (χ0) is 20.1. The lowest BCUT2D eigenvalue weighted by molar-refractivity contribution is -0.117. The van der Waals surface area contributed by atoms with Crippen LogP contribution in [0.5, 0.6) is 0 Å². The average molecular weight is 425 g/mol. The number of hydrogen-bond acceptors (Lipinski definition) is 5. The molecule has 1 N–H and O–H groups in total. The molecule has 0 radical (unpaired) electrons. The SMILES string of the molecule is CC1CCN(C(=O)c2c(NC(=O)C3CC3)sc3c2CC(CS(C)(=O)=O)CC3)C1. The summed E-state index contributed by atoms with van der Waals surface area (Å²) in [6, 6.07) is 0. The van der Waals surface area contributed by atoms with Crippen molar-refractivity contribution in [2.24, 2.45) is 17.8 Å². The van der Waals surface area contributed by atoms with Crippen LogP contribution in [0.1, 0.15) is 53.4 Å². The number of sulfone groups is 1. The highest BCUT2D eigenvalue weighted by Crippen LogP contribution is 2.42. The van der Waals surface area contributed by atoms with Crippen molar-refractivity contribution in [1.29, 1.82) is 0 Å². The van der Waals surface area contributed by atoms with Crippen LogP contribution in [0, 0.1) is 17.8 Å². The van der Waals surface area contributed by atoms with Crippen molar-refractivity contribution in [3.05, 3.63) is 16.0 Å². The van der Waals surface area contributed by atoms with Gasteiger partial charge in [-0.1, -0.05) is 6.92 Å². The first-order valence-corrected chi connectivity index (χ1v) is 13.0. The number of amides is 2. The maximum atomic E-state index is 13.4. The van der Waals surface area contributed by atoms with E-state index in [9.17, 15) is 18.0 Å². The van der Waals surface area contributed by atoms with E-state index in [1.165, 1.54) is 17.6 Å². The van der Waals surface area contributed by atoms with Gasteiger partial charge in [0, 0.05) is 30.1 Å². The van der Waals surface area contributed by atoms with E-state index >= 15 is 0 Å². The standard InChI is InChI=1S/C20H28N2O4S2/c1-12-7-8-22(10-12)20(24)17-15-9-13(11-28(2,25)26)3-6-16(15)27-19(17)21-18(23)14-4-5-14/h12-14H,3-11H2,1-2H3,(H,21,23). The number of carbonyl (C=O) groups excluding carboxylic acids is 2. The molecule has 2 aliphatic carbocycles. The van der Waals surface area contributed by atoms with Gasteiger partial charge in [-0.2, -0.15) is 0 Å². The van der Waals surface area contributed by atoms with Crippen molar-refractivity contribution >= 4 is 38.0 Å². The van der Waals surface area contributed by atoms with Crippen molar-refractivity contribution in [2.75, 3.05) is 30.4 Å². The van der Waals surface area contributed by atoms with Gasteiger partial charge in [-0.15, -0.1) is 11.3 Å². The number of anilines is 1. The van der Waals surface area contributed by atoms with E-state index in [1.807, 2.05) is 4.90 Å². The van der Waals surface area contributed by atoms with Crippen LogP contribution in [0.4, 0.5) is 5.00 Å². The Balaban J connectivity index is 1.65. The van der Waals surface area contributed by atoms with Gasteiger partial charge >= 0.3 is 0 Å². The maximum Gasteiger partial charge on any atom is 0.257 e. The van der Waals surface area contributed by atoms with Gasteiger partial charge in [0.1, 0.15) is 14.8 Å². The van der Waals surface area contributed by atoms with Crippen LogP contribution in [0.25, 0.3) is 0 Å². The smallest absolute Gasteiger partial charge is 0.257 e. The number of hydrogen-bond donors (Lipinski definition) is 1. The van der Waals surface area contributed by atoms with Gasteiger partial charge in [0.15, 0.2) is 0 Å². The molecule has 28 heavy (non-hydrogen) atoms. The molecule has 1 saturated carbocycles. The molecule has 154 valence electrons. The van der Waals surface area contributed by atoms with Gasteiger partial charge in [-0.3, -0.25) is 9.59 Å². The lowest BCUT2D eigenvalue weighted by Gasteiger charge is -2.23. The molecule has 2 atom stereocenters. The molecule has 8 heteroatoms. The van der Waals surface area contributed by atoms with Crippen LogP contribution in [0.2, 0.25) is 0 Å². The van der Waals surface area contributed by atoms with Crippen molar-refractivity contribution in [3.63, 3.8) is 0 Å². The summed E-state index contributed by atoms with van der Waals surface area (Å²) >= 11 is 1.51. The molecule has 4 rings (SSSR count). The van der Waals surface area contributed by atoms with E-state index in [1.54, 1.807) is 0 Å². The van der Waals surface area contributed by atoms with Crippen molar-refractivity contribution < 1.29 is 18.0 Å². The predicted octanol–water partition coefficient (Wildman–Crippen LogP) is 2.73. The fourth-order valence-corrected chi connectivity index (χ4v) is 6.76. The number of rotatable bonds is 5. The molecule has 6 nitrogen and oxygen atoms in total. The van der Waals surface area contributed by atoms with E-state index in [2.05, 4.69) is 12.2 Å². The second kappa shape index (κ2) is 7.44. The van der Waals surface area contributed by atoms with Crippen molar-refractivity contribution in [3.8, 4) is 0 Å². The van der Waals surface area contributed by atoms with E-state index in [0.29, 0.717) is 22.9 Å². The normalized spacial score (nSPS) is 24.9. The molecule has 0 bridgehead atoms. The molecule has 1 aliphatic heterocycles. The minimum Gasteiger partial charge on any atom is -0.338 e.